The summed E-state index contributed by atoms with van der Waals surface area (Å²) in [5.74, 6) is 0. The number of amides is 1. The SMILES string of the molecule is CNc1ccc2c(c1)COC(=O)N2. The zero-order valence-electron chi connectivity index (χ0n) is 7.26. The van der Waals surface area contributed by atoms with E-state index in [0.717, 1.165) is 16.9 Å². The molecule has 4 nitrogen and oxygen atoms in total. The Bertz CT molecular complexity index is 349. The Morgan fingerprint density at radius 3 is 3.15 bits per heavy atom. The number of benzene rings is 1. The first kappa shape index (κ1) is 7.91. The molecule has 0 bridgehead atoms. The molecule has 0 saturated heterocycles. The van der Waals surface area contributed by atoms with Crippen molar-refractivity contribution in [3.8, 4) is 0 Å². The number of nitrogens with one attached hydrogen (secondary N) is 2. The van der Waals surface area contributed by atoms with Gasteiger partial charge in [0.2, 0.25) is 0 Å². The van der Waals surface area contributed by atoms with Crippen LogP contribution in [0.4, 0.5) is 16.2 Å². The first-order chi connectivity index (χ1) is 6.29. The molecule has 0 radical (unpaired) electrons. The minimum atomic E-state index is -0.385. The van der Waals surface area contributed by atoms with Crippen LogP contribution in [0.25, 0.3) is 0 Å². The Morgan fingerprint density at radius 1 is 1.54 bits per heavy atom. The maximum absolute atomic E-state index is 10.8. The standard InChI is InChI=1S/C9H10N2O2/c1-10-7-2-3-8-6(4-7)5-13-9(12)11-8/h2-4,10H,5H2,1H3,(H,11,12). The van der Waals surface area contributed by atoms with Crippen LogP contribution in [0, 0.1) is 0 Å². The van der Waals surface area contributed by atoms with Gasteiger partial charge >= 0.3 is 6.09 Å². The molecule has 0 unspecified atom stereocenters. The highest BCUT2D eigenvalue weighted by Crippen LogP contribution is 2.24. The van der Waals surface area contributed by atoms with Crippen molar-refractivity contribution in [2.24, 2.45) is 0 Å². The lowest BCUT2D eigenvalue weighted by atomic mass is 10.1. The molecule has 0 saturated carbocycles. The largest absolute Gasteiger partial charge is 0.444 e. The number of hydrogen-bond donors (Lipinski definition) is 2. The summed E-state index contributed by atoms with van der Waals surface area (Å²) in [7, 11) is 1.85. The molecule has 1 aromatic carbocycles. The lowest BCUT2D eigenvalue weighted by Gasteiger charge is -2.17. The highest BCUT2D eigenvalue weighted by molar-refractivity contribution is 5.88. The van der Waals surface area contributed by atoms with Gasteiger partial charge < -0.3 is 10.1 Å². The maximum atomic E-state index is 10.8. The maximum Gasteiger partial charge on any atom is 0.411 e. The number of fused-ring (bicyclic) bond motifs is 1. The number of hydrogen-bond acceptors (Lipinski definition) is 3. The van der Waals surface area contributed by atoms with E-state index in [4.69, 9.17) is 4.74 Å². The van der Waals surface area contributed by atoms with Crippen LogP contribution in [0.15, 0.2) is 18.2 Å². The minimum Gasteiger partial charge on any atom is -0.444 e. The molecule has 1 heterocycles. The third-order valence-corrected chi connectivity index (χ3v) is 1.99. The number of ether oxygens (including phenoxy) is 1. The van der Waals surface area contributed by atoms with Crippen LogP contribution in [0.3, 0.4) is 0 Å². The molecular formula is C9H10N2O2. The first-order valence-electron chi connectivity index (χ1n) is 4.04. The fourth-order valence-electron chi connectivity index (χ4n) is 1.28. The van der Waals surface area contributed by atoms with Gasteiger partial charge in [0, 0.05) is 18.3 Å². The Morgan fingerprint density at radius 2 is 2.38 bits per heavy atom. The van der Waals surface area contributed by atoms with E-state index in [2.05, 4.69) is 10.6 Å². The van der Waals surface area contributed by atoms with Gasteiger partial charge in [0.25, 0.3) is 0 Å². The summed E-state index contributed by atoms with van der Waals surface area (Å²) in [5.41, 5.74) is 2.83. The van der Waals surface area contributed by atoms with Crippen molar-refractivity contribution in [2.75, 3.05) is 17.7 Å². The predicted octanol–water partition coefficient (Wildman–Crippen LogP) is 1.79. The van der Waals surface area contributed by atoms with Crippen molar-refractivity contribution in [3.63, 3.8) is 0 Å². The second-order valence-electron chi connectivity index (χ2n) is 2.82. The van der Waals surface area contributed by atoms with Gasteiger partial charge in [-0.2, -0.15) is 0 Å². The van der Waals surface area contributed by atoms with Gasteiger partial charge in [-0.25, -0.2) is 4.79 Å². The van der Waals surface area contributed by atoms with Gasteiger partial charge in [0.15, 0.2) is 0 Å². The Balaban J connectivity index is 2.36. The van der Waals surface area contributed by atoms with E-state index in [1.54, 1.807) is 0 Å². The monoisotopic (exact) mass is 178 g/mol. The molecule has 4 heteroatoms. The molecule has 1 aliphatic heterocycles. The molecule has 0 atom stereocenters. The van der Waals surface area contributed by atoms with E-state index < -0.39 is 0 Å². The summed E-state index contributed by atoms with van der Waals surface area (Å²) in [6, 6.07) is 5.72. The number of carbonyl (C=O) groups excluding carboxylic acids is 1. The quantitative estimate of drug-likeness (QED) is 0.689. The molecular weight excluding hydrogens is 168 g/mol. The summed E-state index contributed by atoms with van der Waals surface area (Å²) in [4.78, 5) is 10.8. The van der Waals surface area contributed by atoms with Crippen LogP contribution in [0.2, 0.25) is 0 Å². The molecule has 13 heavy (non-hydrogen) atoms. The lowest BCUT2D eigenvalue weighted by Crippen LogP contribution is -2.20. The predicted molar refractivity (Wildman–Crippen MR) is 49.8 cm³/mol. The van der Waals surface area contributed by atoms with Gasteiger partial charge in [0.1, 0.15) is 6.61 Å². The van der Waals surface area contributed by atoms with E-state index in [1.807, 2.05) is 25.2 Å². The van der Waals surface area contributed by atoms with E-state index in [9.17, 15) is 4.79 Å². The smallest absolute Gasteiger partial charge is 0.411 e. The minimum absolute atomic E-state index is 0.344. The molecule has 0 spiro atoms. The van der Waals surface area contributed by atoms with Gasteiger partial charge in [-0.15, -0.1) is 0 Å². The van der Waals surface area contributed by atoms with E-state index in [-0.39, 0.29) is 6.09 Å². The molecule has 68 valence electrons. The molecule has 1 aliphatic rings. The number of rotatable bonds is 1. The van der Waals surface area contributed by atoms with Crippen LogP contribution >= 0.6 is 0 Å². The van der Waals surface area contributed by atoms with E-state index in [1.165, 1.54) is 0 Å². The van der Waals surface area contributed by atoms with Crippen LogP contribution in [0.1, 0.15) is 5.56 Å². The fourth-order valence-corrected chi connectivity index (χ4v) is 1.28. The van der Waals surface area contributed by atoms with Crippen molar-refractivity contribution >= 4 is 17.5 Å². The highest BCUT2D eigenvalue weighted by Gasteiger charge is 2.14. The number of cyclic esters (lactones) is 1. The van der Waals surface area contributed by atoms with Crippen molar-refractivity contribution in [1.29, 1.82) is 0 Å². The first-order valence-corrected chi connectivity index (χ1v) is 4.04. The zero-order valence-corrected chi connectivity index (χ0v) is 7.26. The number of carbonyl (C=O) groups is 1. The van der Waals surface area contributed by atoms with Crippen molar-refractivity contribution in [3.05, 3.63) is 23.8 Å². The molecule has 2 rings (SSSR count). The summed E-state index contributed by atoms with van der Waals surface area (Å²) < 4.78 is 4.83. The van der Waals surface area contributed by atoms with Crippen molar-refractivity contribution in [1.82, 2.24) is 0 Å². The van der Waals surface area contributed by atoms with E-state index in [0.29, 0.717) is 6.61 Å². The van der Waals surface area contributed by atoms with Gasteiger partial charge in [-0.3, -0.25) is 5.32 Å². The second kappa shape index (κ2) is 2.97. The molecule has 0 aromatic heterocycles. The van der Waals surface area contributed by atoms with E-state index >= 15 is 0 Å². The molecule has 2 N–H and O–H groups in total. The Kier molecular flexibility index (Phi) is 1.81. The highest BCUT2D eigenvalue weighted by atomic mass is 16.5. The van der Waals surface area contributed by atoms with Crippen LogP contribution in [0.5, 0.6) is 0 Å². The van der Waals surface area contributed by atoms with Gasteiger partial charge in [-0.05, 0) is 18.2 Å². The third-order valence-electron chi connectivity index (χ3n) is 1.99. The molecule has 1 aromatic rings. The zero-order chi connectivity index (χ0) is 9.26. The normalized spacial score (nSPS) is 14.1. The summed E-state index contributed by atoms with van der Waals surface area (Å²) in [6.45, 7) is 0.344. The molecule has 0 fully saturated rings. The third kappa shape index (κ3) is 1.42. The topological polar surface area (TPSA) is 50.4 Å². The average Bonchev–Trinajstić information content (AvgIpc) is 2.17. The number of anilines is 2. The summed E-state index contributed by atoms with van der Waals surface area (Å²) in [5, 5.41) is 5.64. The lowest BCUT2D eigenvalue weighted by molar-refractivity contribution is 0.151. The van der Waals surface area contributed by atoms with Gasteiger partial charge in [-0.1, -0.05) is 0 Å². The molecule has 1 amide bonds. The van der Waals surface area contributed by atoms with Crippen molar-refractivity contribution < 1.29 is 9.53 Å². The van der Waals surface area contributed by atoms with Crippen LogP contribution in [-0.2, 0) is 11.3 Å². The Labute approximate surface area is 75.9 Å². The summed E-state index contributed by atoms with van der Waals surface area (Å²) in [6.07, 6.45) is -0.385. The van der Waals surface area contributed by atoms with Gasteiger partial charge in [0.05, 0.1) is 5.69 Å². The molecule has 0 aliphatic carbocycles. The van der Waals surface area contributed by atoms with Crippen LogP contribution in [-0.4, -0.2) is 13.1 Å². The average molecular weight is 178 g/mol. The Hall–Kier alpha value is -1.71. The van der Waals surface area contributed by atoms with Crippen LogP contribution < -0.4 is 10.6 Å². The fraction of sp³-hybridized carbons (Fsp3) is 0.222. The van der Waals surface area contributed by atoms with Crippen molar-refractivity contribution in [2.45, 2.75) is 6.61 Å². The second-order valence-corrected chi connectivity index (χ2v) is 2.82. The summed E-state index contributed by atoms with van der Waals surface area (Å²) >= 11 is 0.